The molecule has 5 nitrogen and oxygen atoms in total. The third-order valence-corrected chi connectivity index (χ3v) is 8.09. The molecule has 28 heavy (non-hydrogen) atoms. The zero-order valence-electron chi connectivity index (χ0n) is 16.5. The van der Waals surface area contributed by atoms with E-state index in [4.69, 9.17) is 0 Å². The van der Waals surface area contributed by atoms with Crippen LogP contribution in [-0.2, 0) is 21.2 Å². The van der Waals surface area contributed by atoms with Crippen molar-refractivity contribution in [3.63, 3.8) is 0 Å². The number of hydrogen-bond acceptors (Lipinski definition) is 3. The van der Waals surface area contributed by atoms with Gasteiger partial charge < -0.3 is 4.90 Å². The van der Waals surface area contributed by atoms with Crippen molar-refractivity contribution in [3.05, 3.63) is 34.9 Å². The van der Waals surface area contributed by atoms with Gasteiger partial charge in [0.1, 0.15) is 0 Å². The van der Waals surface area contributed by atoms with Crippen LogP contribution in [0.15, 0.2) is 28.7 Å². The Morgan fingerprint density at radius 3 is 2.07 bits per heavy atom. The molecule has 2 saturated heterocycles. The summed E-state index contributed by atoms with van der Waals surface area (Å²) in [6.45, 7) is 2.88. The van der Waals surface area contributed by atoms with Crippen molar-refractivity contribution in [2.45, 2.75) is 62.7 Å². The van der Waals surface area contributed by atoms with Crippen LogP contribution in [0.3, 0.4) is 0 Å². The number of fused-ring (bicyclic) bond motifs is 1. The molecule has 0 saturated carbocycles. The molecule has 1 aromatic carbocycles. The van der Waals surface area contributed by atoms with Crippen molar-refractivity contribution < 1.29 is 13.2 Å². The maximum absolute atomic E-state index is 13.1. The monoisotopic (exact) mass is 402 g/mol. The van der Waals surface area contributed by atoms with Gasteiger partial charge >= 0.3 is 0 Å². The van der Waals surface area contributed by atoms with E-state index in [1.54, 1.807) is 16.4 Å². The maximum Gasteiger partial charge on any atom is 0.250 e. The quantitative estimate of drug-likeness (QED) is 0.776. The second-order valence-electron chi connectivity index (χ2n) is 8.23. The number of rotatable bonds is 3. The molecule has 1 amide bonds. The molecule has 0 spiro atoms. The predicted molar refractivity (Wildman–Crippen MR) is 110 cm³/mol. The standard InChI is InChI=1S/C22H30N2O3S/c25-22(23-11-5-1-2-6-12-23)20-15-18-9-10-21(17-19(18)16-20)28(26,27)24-13-7-3-4-8-14-24/h9-10,16-17H,1-8,11-15H2. The summed E-state index contributed by atoms with van der Waals surface area (Å²) in [5.41, 5.74) is 2.73. The summed E-state index contributed by atoms with van der Waals surface area (Å²) >= 11 is 0. The molecule has 2 fully saturated rings. The number of hydrogen-bond donors (Lipinski definition) is 0. The van der Waals surface area contributed by atoms with Gasteiger partial charge in [0.25, 0.3) is 0 Å². The van der Waals surface area contributed by atoms with E-state index in [9.17, 15) is 13.2 Å². The van der Waals surface area contributed by atoms with Crippen molar-refractivity contribution in [3.8, 4) is 0 Å². The lowest BCUT2D eigenvalue weighted by Crippen LogP contribution is -2.33. The Morgan fingerprint density at radius 1 is 0.821 bits per heavy atom. The lowest BCUT2D eigenvalue weighted by atomic mass is 10.1. The Labute approximate surface area is 168 Å². The van der Waals surface area contributed by atoms with Gasteiger partial charge in [-0.25, -0.2) is 8.42 Å². The van der Waals surface area contributed by atoms with E-state index in [1.807, 2.05) is 17.0 Å². The number of benzene rings is 1. The van der Waals surface area contributed by atoms with Gasteiger partial charge in [0.2, 0.25) is 15.9 Å². The molecule has 0 bridgehead atoms. The summed E-state index contributed by atoms with van der Waals surface area (Å²) in [7, 11) is -3.46. The van der Waals surface area contributed by atoms with E-state index in [0.29, 0.717) is 24.4 Å². The Hall–Kier alpha value is -1.66. The van der Waals surface area contributed by atoms with Crippen molar-refractivity contribution >= 4 is 22.0 Å². The van der Waals surface area contributed by atoms with Gasteiger partial charge in [-0.15, -0.1) is 0 Å². The largest absolute Gasteiger partial charge is 0.339 e. The SMILES string of the molecule is O=C(C1=Cc2cc(S(=O)(=O)N3CCCCCC3)ccc2C1)N1CCCCCC1. The number of likely N-dealkylation sites (tertiary alicyclic amines) is 1. The van der Waals surface area contributed by atoms with Crippen molar-refractivity contribution in [1.82, 2.24) is 9.21 Å². The first-order valence-corrected chi connectivity index (χ1v) is 12.1. The molecular formula is C22H30N2O3S. The van der Waals surface area contributed by atoms with E-state index in [1.165, 1.54) is 12.8 Å². The van der Waals surface area contributed by atoms with Crippen LogP contribution >= 0.6 is 0 Å². The first kappa shape index (κ1) is 19.6. The average molecular weight is 403 g/mol. The molecule has 0 unspecified atom stereocenters. The Morgan fingerprint density at radius 2 is 1.43 bits per heavy atom. The van der Waals surface area contributed by atoms with Crippen LogP contribution in [0.2, 0.25) is 0 Å². The van der Waals surface area contributed by atoms with Crippen LogP contribution in [-0.4, -0.2) is 49.7 Å². The molecule has 2 heterocycles. The topological polar surface area (TPSA) is 57.7 Å². The summed E-state index contributed by atoms with van der Waals surface area (Å²) in [6.07, 6.45) is 11.1. The van der Waals surface area contributed by atoms with Gasteiger partial charge in [-0.2, -0.15) is 4.31 Å². The van der Waals surface area contributed by atoms with Gasteiger partial charge in [0, 0.05) is 38.2 Å². The van der Waals surface area contributed by atoms with E-state index < -0.39 is 10.0 Å². The highest BCUT2D eigenvalue weighted by atomic mass is 32.2. The van der Waals surface area contributed by atoms with Gasteiger partial charge in [-0.05, 0) is 55.0 Å². The molecule has 0 radical (unpaired) electrons. The number of carbonyl (C=O) groups excluding carboxylic acids is 1. The Balaban J connectivity index is 1.54. The summed E-state index contributed by atoms with van der Waals surface area (Å²) in [6, 6.07) is 5.36. The van der Waals surface area contributed by atoms with Crippen molar-refractivity contribution in [2.75, 3.05) is 26.2 Å². The maximum atomic E-state index is 13.1. The molecule has 6 heteroatoms. The first-order valence-electron chi connectivity index (χ1n) is 10.7. The predicted octanol–water partition coefficient (Wildman–Crippen LogP) is 3.59. The summed E-state index contributed by atoms with van der Waals surface area (Å²) in [4.78, 5) is 15.2. The van der Waals surface area contributed by atoms with E-state index >= 15 is 0 Å². The minimum absolute atomic E-state index is 0.120. The molecule has 3 aliphatic rings. The van der Waals surface area contributed by atoms with Crippen molar-refractivity contribution in [2.24, 2.45) is 0 Å². The molecular weight excluding hydrogens is 372 g/mol. The number of nitrogens with zero attached hydrogens (tertiary/aromatic N) is 2. The Kier molecular flexibility index (Phi) is 5.88. The lowest BCUT2D eigenvalue weighted by Gasteiger charge is -2.20. The minimum atomic E-state index is -3.46. The zero-order valence-corrected chi connectivity index (χ0v) is 17.3. The summed E-state index contributed by atoms with van der Waals surface area (Å²) < 4.78 is 27.8. The zero-order chi connectivity index (χ0) is 19.6. The molecule has 0 N–H and O–H groups in total. The normalized spacial score (nSPS) is 21.6. The van der Waals surface area contributed by atoms with Crippen LogP contribution in [0.5, 0.6) is 0 Å². The van der Waals surface area contributed by atoms with Gasteiger partial charge in [0.05, 0.1) is 4.90 Å². The van der Waals surface area contributed by atoms with Gasteiger partial charge in [0.15, 0.2) is 0 Å². The Bertz CT molecular complexity index is 860. The second kappa shape index (κ2) is 8.37. The first-order chi connectivity index (χ1) is 13.6. The molecule has 1 aromatic rings. The third-order valence-electron chi connectivity index (χ3n) is 6.20. The molecule has 1 aliphatic carbocycles. The second-order valence-corrected chi connectivity index (χ2v) is 10.2. The fourth-order valence-corrected chi connectivity index (χ4v) is 6.07. The van der Waals surface area contributed by atoms with Gasteiger partial charge in [-0.3, -0.25) is 4.79 Å². The molecule has 0 aromatic heterocycles. The van der Waals surface area contributed by atoms with Crippen LogP contribution in [0.25, 0.3) is 6.08 Å². The van der Waals surface area contributed by atoms with Crippen LogP contribution in [0.1, 0.15) is 62.5 Å². The van der Waals surface area contributed by atoms with Crippen LogP contribution in [0.4, 0.5) is 0 Å². The highest BCUT2D eigenvalue weighted by Crippen LogP contribution is 2.30. The number of amides is 1. The highest BCUT2D eigenvalue weighted by molar-refractivity contribution is 7.89. The molecule has 4 rings (SSSR count). The van der Waals surface area contributed by atoms with Crippen molar-refractivity contribution in [1.29, 1.82) is 0 Å². The third kappa shape index (κ3) is 4.03. The molecule has 0 atom stereocenters. The molecule has 152 valence electrons. The number of carbonyl (C=O) groups is 1. The van der Waals surface area contributed by atoms with Gasteiger partial charge in [-0.1, -0.05) is 31.7 Å². The lowest BCUT2D eigenvalue weighted by molar-refractivity contribution is -0.127. The van der Waals surface area contributed by atoms with E-state index in [-0.39, 0.29) is 5.91 Å². The van der Waals surface area contributed by atoms with Crippen LogP contribution in [0, 0.1) is 0 Å². The fraction of sp³-hybridized carbons (Fsp3) is 0.591. The summed E-state index contributed by atoms with van der Waals surface area (Å²) in [5.74, 6) is 0.120. The smallest absolute Gasteiger partial charge is 0.250 e. The highest BCUT2D eigenvalue weighted by Gasteiger charge is 2.28. The summed E-state index contributed by atoms with van der Waals surface area (Å²) in [5, 5.41) is 0. The average Bonchev–Trinajstić information content (AvgIpc) is 2.90. The minimum Gasteiger partial charge on any atom is -0.339 e. The number of sulfonamides is 1. The van der Waals surface area contributed by atoms with E-state index in [2.05, 4.69) is 0 Å². The molecule has 2 aliphatic heterocycles. The van der Waals surface area contributed by atoms with Crippen LogP contribution < -0.4 is 0 Å². The van der Waals surface area contributed by atoms with E-state index in [0.717, 1.165) is 68.3 Å². The fourth-order valence-electron chi connectivity index (χ4n) is 4.52.